The summed E-state index contributed by atoms with van der Waals surface area (Å²) in [5.41, 5.74) is 0.879. The summed E-state index contributed by atoms with van der Waals surface area (Å²) in [7, 11) is -0.916. The van der Waals surface area contributed by atoms with Crippen LogP contribution in [0.1, 0.15) is 32.8 Å². The summed E-state index contributed by atoms with van der Waals surface area (Å²) in [6, 6.07) is 8.66. The first-order valence-electron chi connectivity index (χ1n) is 8.38. The van der Waals surface area contributed by atoms with E-state index in [0.717, 1.165) is 5.56 Å². The Balaban J connectivity index is 2.45. The SMILES string of the molecule is CC(C)[C@H](NC(=O)OCc1ccccc1)C(=O)NCCC(C)S(C)=O. The number of amides is 2. The van der Waals surface area contributed by atoms with Crippen LogP contribution in [0.15, 0.2) is 30.3 Å². The molecule has 1 aromatic rings. The van der Waals surface area contributed by atoms with Crippen LogP contribution in [0.2, 0.25) is 0 Å². The molecule has 0 spiro atoms. The van der Waals surface area contributed by atoms with Gasteiger partial charge in [0.1, 0.15) is 12.6 Å². The van der Waals surface area contributed by atoms with Gasteiger partial charge in [-0.3, -0.25) is 9.00 Å². The van der Waals surface area contributed by atoms with Crippen LogP contribution < -0.4 is 10.6 Å². The monoisotopic (exact) mass is 368 g/mol. The predicted molar refractivity (Wildman–Crippen MR) is 99.5 cm³/mol. The molecule has 0 aliphatic carbocycles. The topological polar surface area (TPSA) is 84.5 Å². The number of carbonyl (C=O) groups excluding carboxylic acids is 2. The smallest absolute Gasteiger partial charge is 0.408 e. The molecule has 0 saturated heterocycles. The highest BCUT2D eigenvalue weighted by Gasteiger charge is 2.24. The minimum Gasteiger partial charge on any atom is -0.445 e. The molecular weight excluding hydrogens is 340 g/mol. The molecule has 25 heavy (non-hydrogen) atoms. The molecule has 0 fully saturated rings. The van der Waals surface area contributed by atoms with E-state index in [1.807, 2.05) is 51.1 Å². The molecule has 7 heteroatoms. The Morgan fingerprint density at radius 2 is 1.80 bits per heavy atom. The van der Waals surface area contributed by atoms with Crippen LogP contribution in [0.3, 0.4) is 0 Å². The molecule has 1 rings (SSSR count). The molecule has 0 heterocycles. The third kappa shape index (κ3) is 8.16. The quantitative estimate of drug-likeness (QED) is 0.700. The third-order valence-corrected chi connectivity index (χ3v) is 5.22. The molecule has 2 amide bonds. The van der Waals surface area contributed by atoms with Crippen molar-refractivity contribution >= 4 is 22.8 Å². The van der Waals surface area contributed by atoms with Gasteiger partial charge >= 0.3 is 6.09 Å². The van der Waals surface area contributed by atoms with Gasteiger partial charge in [0, 0.05) is 28.9 Å². The van der Waals surface area contributed by atoms with Crippen LogP contribution in [0.4, 0.5) is 4.79 Å². The summed E-state index contributed by atoms with van der Waals surface area (Å²) in [4.78, 5) is 24.2. The molecule has 2 unspecified atom stereocenters. The fourth-order valence-electron chi connectivity index (χ4n) is 2.10. The zero-order valence-electron chi connectivity index (χ0n) is 15.3. The van der Waals surface area contributed by atoms with Gasteiger partial charge < -0.3 is 15.4 Å². The lowest BCUT2D eigenvalue weighted by Crippen LogP contribution is -2.50. The number of benzene rings is 1. The van der Waals surface area contributed by atoms with Crippen LogP contribution in [0.25, 0.3) is 0 Å². The predicted octanol–water partition coefficient (Wildman–Crippen LogP) is 2.21. The van der Waals surface area contributed by atoms with Crippen molar-refractivity contribution in [2.75, 3.05) is 12.8 Å². The first-order valence-corrected chi connectivity index (χ1v) is 10.0. The van der Waals surface area contributed by atoms with Gasteiger partial charge in [-0.2, -0.15) is 0 Å². The highest BCUT2D eigenvalue weighted by molar-refractivity contribution is 7.84. The Bertz CT molecular complexity index is 578. The lowest BCUT2D eigenvalue weighted by Gasteiger charge is -2.21. The Morgan fingerprint density at radius 3 is 2.36 bits per heavy atom. The summed E-state index contributed by atoms with van der Waals surface area (Å²) in [5.74, 6) is -0.345. The fourth-order valence-corrected chi connectivity index (χ4v) is 2.55. The maximum atomic E-state index is 12.3. The maximum Gasteiger partial charge on any atom is 0.408 e. The number of hydrogen-bond acceptors (Lipinski definition) is 4. The molecule has 140 valence electrons. The number of nitrogens with one attached hydrogen (secondary N) is 2. The van der Waals surface area contributed by atoms with Gasteiger partial charge in [0.05, 0.1) is 0 Å². The van der Waals surface area contributed by atoms with Gasteiger partial charge in [-0.1, -0.05) is 51.1 Å². The number of alkyl carbamates (subject to hydrolysis) is 1. The molecule has 0 bridgehead atoms. The van der Waals surface area contributed by atoms with E-state index in [-0.39, 0.29) is 23.7 Å². The second-order valence-electron chi connectivity index (χ2n) is 6.32. The summed E-state index contributed by atoms with van der Waals surface area (Å²) in [5, 5.41) is 5.41. The van der Waals surface area contributed by atoms with Gasteiger partial charge in [-0.15, -0.1) is 0 Å². The molecule has 0 aromatic heterocycles. The van der Waals surface area contributed by atoms with E-state index in [9.17, 15) is 13.8 Å². The Hall–Kier alpha value is -1.89. The lowest BCUT2D eigenvalue weighted by atomic mass is 10.0. The number of carbonyl (C=O) groups is 2. The third-order valence-electron chi connectivity index (χ3n) is 3.85. The van der Waals surface area contributed by atoms with E-state index in [1.165, 1.54) is 0 Å². The average Bonchev–Trinajstić information content (AvgIpc) is 2.58. The van der Waals surface area contributed by atoms with Gasteiger partial charge in [0.25, 0.3) is 0 Å². The highest BCUT2D eigenvalue weighted by atomic mass is 32.2. The normalized spacial score (nSPS) is 14.4. The van der Waals surface area contributed by atoms with E-state index >= 15 is 0 Å². The van der Waals surface area contributed by atoms with E-state index in [0.29, 0.717) is 13.0 Å². The second kappa shape index (κ2) is 10.9. The summed E-state index contributed by atoms with van der Waals surface area (Å²) in [6.07, 6.45) is 1.65. The first-order chi connectivity index (χ1) is 11.8. The largest absolute Gasteiger partial charge is 0.445 e. The van der Waals surface area contributed by atoms with Gasteiger partial charge in [-0.05, 0) is 17.9 Å². The van der Waals surface area contributed by atoms with Crippen LogP contribution in [-0.4, -0.2) is 40.3 Å². The zero-order valence-corrected chi connectivity index (χ0v) is 16.1. The summed E-state index contributed by atoms with van der Waals surface area (Å²) in [6.45, 7) is 6.15. The zero-order chi connectivity index (χ0) is 18.8. The second-order valence-corrected chi connectivity index (χ2v) is 8.12. The standard InChI is InChI=1S/C18H28N2O4S/c1-13(2)16(17(21)19-11-10-14(3)25(4)23)20-18(22)24-12-15-8-6-5-7-9-15/h5-9,13-14,16H,10-12H2,1-4H3,(H,19,21)(H,20,22)/t14?,16-,25?/m0/s1. The molecule has 0 aliphatic heterocycles. The molecule has 2 N–H and O–H groups in total. The minimum atomic E-state index is -0.916. The van der Waals surface area contributed by atoms with Crippen molar-refractivity contribution in [1.29, 1.82) is 0 Å². The van der Waals surface area contributed by atoms with Crippen molar-refractivity contribution in [2.45, 2.75) is 45.1 Å². The van der Waals surface area contributed by atoms with E-state index in [4.69, 9.17) is 4.74 Å². The van der Waals surface area contributed by atoms with Crippen LogP contribution in [0.5, 0.6) is 0 Å². The van der Waals surface area contributed by atoms with Crippen LogP contribution in [-0.2, 0) is 26.9 Å². The minimum absolute atomic E-state index is 0.0154. The molecular formula is C18H28N2O4S. The maximum absolute atomic E-state index is 12.3. The van der Waals surface area contributed by atoms with Crippen LogP contribution >= 0.6 is 0 Å². The molecule has 0 radical (unpaired) electrons. The van der Waals surface area contributed by atoms with Crippen molar-refractivity contribution in [3.05, 3.63) is 35.9 Å². The molecule has 1 aromatic carbocycles. The Labute approximate surface area is 152 Å². The van der Waals surface area contributed by atoms with E-state index in [1.54, 1.807) is 6.26 Å². The Kier molecular flexibility index (Phi) is 9.20. The number of ether oxygens (including phenoxy) is 1. The molecule has 0 aliphatic rings. The van der Waals surface area contributed by atoms with E-state index in [2.05, 4.69) is 10.6 Å². The van der Waals surface area contributed by atoms with Crippen molar-refractivity contribution in [1.82, 2.24) is 10.6 Å². The fraction of sp³-hybridized carbons (Fsp3) is 0.556. The first kappa shape index (κ1) is 21.2. The summed E-state index contributed by atoms with van der Waals surface area (Å²) >= 11 is 0. The molecule has 0 saturated carbocycles. The Morgan fingerprint density at radius 1 is 1.16 bits per heavy atom. The average molecular weight is 368 g/mol. The van der Waals surface area contributed by atoms with Crippen LogP contribution in [0, 0.1) is 5.92 Å². The molecule has 6 nitrogen and oxygen atoms in total. The van der Waals surface area contributed by atoms with Crippen molar-refractivity contribution in [3.63, 3.8) is 0 Å². The summed E-state index contributed by atoms with van der Waals surface area (Å²) < 4.78 is 16.5. The van der Waals surface area contributed by atoms with Gasteiger partial charge in [0.15, 0.2) is 0 Å². The van der Waals surface area contributed by atoms with Crippen molar-refractivity contribution < 1.29 is 18.5 Å². The number of hydrogen-bond donors (Lipinski definition) is 2. The molecule has 3 atom stereocenters. The van der Waals surface area contributed by atoms with Gasteiger partial charge in [-0.25, -0.2) is 4.79 Å². The van der Waals surface area contributed by atoms with Crippen molar-refractivity contribution in [3.8, 4) is 0 Å². The number of rotatable bonds is 9. The van der Waals surface area contributed by atoms with Gasteiger partial charge in [0.2, 0.25) is 5.91 Å². The van der Waals surface area contributed by atoms with E-state index < -0.39 is 22.9 Å². The van der Waals surface area contributed by atoms with Crippen molar-refractivity contribution in [2.24, 2.45) is 5.92 Å². The highest BCUT2D eigenvalue weighted by Crippen LogP contribution is 2.05. The lowest BCUT2D eigenvalue weighted by molar-refractivity contribution is -0.124.